The molecule has 2 aliphatic heterocycles. The second kappa shape index (κ2) is 8.71. The lowest BCUT2D eigenvalue weighted by atomic mass is 9.98. The number of nitrogens with one attached hydrogen (secondary N) is 1. The number of hydrogen-bond acceptors (Lipinski definition) is 7. The molecule has 1 amide bonds. The highest BCUT2D eigenvalue weighted by Crippen LogP contribution is 2.34. The second-order valence-corrected chi connectivity index (χ2v) is 11.1. The molecule has 0 radical (unpaired) electrons. The largest absolute Gasteiger partial charge is 0.353 e. The van der Waals surface area contributed by atoms with Crippen molar-refractivity contribution in [2.24, 2.45) is 5.73 Å². The Hall–Kier alpha value is -2.89. The third-order valence-corrected chi connectivity index (χ3v) is 7.00. The third-order valence-electron chi connectivity index (χ3n) is 6.18. The van der Waals surface area contributed by atoms with Gasteiger partial charge in [0.1, 0.15) is 5.82 Å². The van der Waals surface area contributed by atoms with Crippen molar-refractivity contribution in [3.8, 4) is 0 Å². The summed E-state index contributed by atoms with van der Waals surface area (Å²) in [6.07, 6.45) is 5.47. The fraction of sp³-hybridized carbons (Fsp3) is 0.409. The normalized spacial score (nSPS) is 19.3. The Balaban J connectivity index is 1.46. The van der Waals surface area contributed by atoms with E-state index in [9.17, 15) is 13.2 Å². The maximum atomic E-state index is 13.6. The number of hydrogen-bond donors (Lipinski definition) is 2. The Morgan fingerprint density at radius 3 is 2.74 bits per heavy atom. The summed E-state index contributed by atoms with van der Waals surface area (Å²) in [6.45, 7) is 2.09. The average molecular weight is 504 g/mol. The van der Waals surface area contributed by atoms with Gasteiger partial charge in [-0.1, -0.05) is 11.6 Å². The van der Waals surface area contributed by atoms with Crippen molar-refractivity contribution in [3.63, 3.8) is 0 Å². The van der Waals surface area contributed by atoms with Gasteiger partial charge in [0.05, 0.1) is 29.2 Å². The van der Waals surface area contributed by atoms with Crippen LogP contribution in [-0.4, -0.2) is 65.8 Å². The minimum Gasteiger partial charge on any atom is -0.353 e. The van der Waals surface area contributed by atoms with Crippen molar-refractivity contribution in [1.29, 1.82) is 0 Å². The molecule has 2 saturated heterocycles. The van der Waals surface area contributed by atoms with Crippen LogP contribution in [0.4, 0.5) is 11.5 Å². The summed E-state index contributed by atoms with van der Waals surface area (Å²) >= 11 is 6.16. The molecule has 2 fully saturated rings. The lowest BCUT2D eigenvalue weighted by Gasteiger charge is -2.37. The van der Waals surface area contributed by atoms with Crippen molar-refractivity contribution in [2.45, 2.75) is 31.3 Å². The monoisotopic (exact) mass is 503 g/mol. The number of fused-ring (bicyclic) bond motifs is 1. The van der Waals surface area contributed by atoms with Crippen LogP contribution in [0.2, 0.25) is 5.02 Å². The Morgan fingerprint density at radius 1 is 1.21 bits per heavy atom. The van der Waals surface area contributed by atoms with Crippen LogP contribution in [0.25, 0.3) is 5.65 Å². The Labute approximate surface area is 202 Å². The molecule has 180 valence electrons. The molecular weight excluding hydrogens is 478 g/mol. The van der Waals surface area contributed by atoms with Crippen LogP contribution in [0.3, 0.4) is 0 Å². The number of halogens is 1. The zero-order chi connectivity index (χ0) is 24.0. The first-order valence-corrected chi connectivity index (χ1v) is 13.4. The molecule has 3 N–H and O–H groups in total. The van der Waals surface area contributed by atoms with Gasteiger partial charge in [-0.15, -0.1) is 0 Å². The topological polar surface area (TPSA) is 126 Å². The van der Waals surface area contributed by atoms with Gasteiger partial charge in [0, 0.05) is 43.0 Å². The van der Waals surface area contributed by atoms with E-state index >= 15 is 0 Å². The Morgan fingerprint density at radius 2 is 2.00 bits per heavy atom. The first-order chi connectivity index (χ1) is 16.2. The maximum absolute atomic E-state index is 13.6. The predicted octanol–water partition coefficient (Wildman–Crippen LogP) is 2.27. The van der Waals surface area contributed by atoms with Crippen molar-refractivity contribution in [3.05, 3.63) is 52.8 Å². The zero-order valence-electron chi connectivity index (χ0n) is 18.7. The molecule has 10 nitrogen and oxygen atoms in total. The molecule has 12 heteroatoms. The van der Waals surface area contributed by atoms with Crippen LogP contribution < -0.4 is 15.4 Å². The van der Waals surface area contributed by atoms with Gasteiger partial charge in [-0.05, 0) is 43.5 Å². The number of carbonyl (C=O) groups is 1. The fourth-order valence-corrected chi connectivity index (χ4v) is 5.30. The van der Waals surface area contributed by atoms with E-state index in [1.807, 2.05) is 18.3 Å². The molecule has 1 unspecified atom stereocenters. The van der Waals surface area contributed by atoms with Crippen LogP contribution in [0.15, 0.2) is 36.5 Å². The molecule has 1 atom stereocenters. The predicted molar refractivity (Wildman–Crippen MR) is 131 cm³/mol. The SMILES string of the molecule is CS(=O)(=O)Nc1ccc(Cl)cc1C(=O)N1CCCCC1c1cc2nc(N3CC(N)C3)ccn2n1. The van der Waals surface area contributed by atoms with Gasteiger partial charge in [-0.3, -0.25) is 9.52 Å². The maximum Gasteiger partial charge on any atom is 0.256 e. The number of rotatable bonds is 5. The van der Waals surface area contributed by atoms with Gasteiger partial charge in [-0.2, -0.15) is 5.10 Å². The number of aromatic nitrogens is 3. The number of likely N-dealkylation sites (tertiary alicyclic amines) is 1. The van der Waals surface area contributed by atoms with E-state index in [4.69, 9.17) is 27.4 Å². The lowest BCUT2D eigenvalue weighted by Crippen LogP contribution is -2.56. The highest BCUT2D eigenvalue weighted by Gasteiger charge is 2.32. The first kappa shape index (κ1) is 22.9. The first-order valence-electron chi connectivity index (χ1n) is 11.1. The fourth-order valence-electron chi connectivity index (χ4n) is 4.55. The highest BCUT2D eigenvalue weighted by atomic mass is 35.5. The van der Waals surface area contributed by atoms with E-state index in [2.05, 4.69) is 9.62 Å². The van der Waals surface area contributed by atoms with Crippen molar-refractivity contribution >= 4 is 44.7 Å². The number of amides is 1. The van der Waals surface area contributed by atoms with Gasteiger partial charge < -0.3 is 15.5 Å². The molecule has 1 aromatic carbocycles. The molecule has 2 aromatic heterocycles. The number of nitrogens with zero attached hydrogens (tertiary/aromatic N) is 5. The van der Waals surface area contributed by atoms with Gasteiger partial charge in [0.2, 0.25) is 10.0 Å². The molecule has 2 aliphatic rings. The van der Waals surface area contributed by atoms with Crippen molar-refractivity contribution in [2.75, 3.05) is 35.5 Å². The quantitative estimate of drug-likeness (QED) is 0.547. The number of sulfonamides is 1. The molecule has 34 heavy (non-hydrogen) atoms. The summed E-state index contributed by atoms with van der Waals surface area (Å²) in [5.74, 6) is 0.561. The molecule has 0 saturated carbocycles. The number of piperidine rings is 1. The van der Waals surface area contributed by atoms with Crippen LogP contribution >= 0.6 is 11.6 Å². The summed E-state index contributed by atoms with van der Waals surface area (Å²) in [7, 11) is -3.57. The standard InChI is InChI=1S/C22H26ClN7O3S/c1-34(32,33)27-17-6-5-14(23)10-16(17)22(31)29-8-3-2-4-19(29)18-11-21-25-20(7-9-30(21)26-18)28-12-15(24)13-28/h5-7,9-11,15,19,27H,2-4,8,12-13,24H2,1H3. The molecule has 3 aromatic rings. The van der Waals surface area contributed by atoms with E-state index in [-0.39, 0.29) is 29.2 Å². The molecule has 4 heterocycles. The van der Waals surface area contributed by atoms with Gasteiger partial charge >= 0.3 is 0 Å². The van der Waals surface area contributed by atoms with Crippen LogP contribution in [0.1, 0.15) is 41.4 Å². The number of nitrogens with two attached hydrogens (primary N) is 1. The zero-order valence-corrected chi connectivity index (χ0v) is 20.3. The third kappa shape index (κ3) is 4.55. The van der Waals surface area contributed by atoms with Crippen LogP contribution in [-0.2, 0) is 10.0 Å². The Bertz CT molecular complexity index is 1350. The van der Waals surface area contributed by atoms with Crippen molar-refractivity contribution < 1.29 is 13.2 Å². The number of benzene rings is 1. The minimum atomic E-state index is -3.57. The van der Waals surface area contributed by atoms with Crippen molar-refractivity contribution in [1.82, 2.24) is 19.5 Å². The number of carbonyl (C=O) groups excluding carboxylic acids is 1. The lowest BCUT2D eigenvalue weighted by molar-refractivity contribution is 0.0607. The minimum absolute atomic E-state index is 0.175. The van der Waals surface area contributed by atoms with E-state index in [0.717, 1.165) is 50.1 Å². The Kier molecular flexibility index (Phi) is 5.86. The summed E-state index contributed by atoms with van der Waals surface area (Å²) in [6, 6.07) is 8.30. The summed E-state index contributed by atoms with van der Waals surface area (Å²) in [4.78, 5) is 22.2. The average Bonchev–Trinajstić information content (AvgIpc) is 3.20. The van der Waals surface area contributed by atoms with Crippen LogP contribution in [0.5, 0.6) is 0 Å². The highest BCUT2D eigenvalue weighted by molar-refractivity contribution is 7.92. The van der Waals surface area contributed by atoms with E-state index in [1.54, 1.807) is 15.5 Å². The summed E-state index contributed by atoms with van der Waals surface area (Å²) in [5, 5.41) is 5.05. The van der Waals surface area contributed by atoms with Crippen LogP contribution in [0, 0.1) is 0 Å². The van der Waals surface area contributed by atoms with E-state index in [0.29, 0.717) is 17.2 Å². The molecule has 5 rings (SSSR count). The number of anilines is 2. The van der Waals surface area contributed by atoms with Gasteiger partial charge in [0.25, 0.3) is 5.91 Å². The molecule has 0 bridgehead atoms. The van der Waals surface area contributed by atoms with Gasteiger partial charge in [-0.25, -0.2) is 17.9 Å². The van der Waals surface area contributed by atoms with E-state index < -0.39 is 10.0 Å². The molecule has 0 spiro atoms. The summed E-state index contributed by atoms with van der Waals surface area (Å²) < 4.78 is 27.8. The molecule has 0 aliphatic carbocycles. The summed E-state index contributed by atoms with van der Waals surface area (Å²) in [5.41, 5.74) is 7.76. The second-order valence-electron chi connectivity index (χ2n) is 8.90. The van der Waals surface area contributed by atoms with Gasteiger partial charge in [0.15, 0.2) is 5.65 Å². The molecular formula is C22H26ClN7O3S. The van der Waals surface area contributed by atoms with E-state index in [1.165, 1.54) is 12.1 Å². The smallest absolute Gasteiger partial charge is 0.256 e.